The Balaban J connectivity index is 1.76. The minimum Gasteiger partial charge on any atom is -0.363 e. The van der Waals surface area contributed by atoms with Gasteiger partial charge in [0.15, 0.2) is 6.23 Å². The largest absolute Gasteiger partial charge is 0.363 e. The van der Waals surface area contributed by atoms with Gasteiger partial charge in [-0.15, -0.1) is 0 Å². The maximum atomic E-state index is 11.8. The summed E-state index contributed by atoms with van der Waals surface area (Å²) in [7, 11) is 1.60. The number of rotatable bonds is 6. The number of hydrogen-bond acceptors (Lipinski definition) is 8. The third-order valence-electron chi connectivity index (χ3n) is 4.99. The van der Waals surface area contributed by atoms with Crippen molar-refractivity contribution in [3.8, 4) is 0 Å². The molecule has 2 aromatic carbocycles. The molecule has 0 aliphatic carbocycles. The first-order valence-corrected chi connectivity index (χ1v) is 9.40. The molecule has 1 fully saturated rings. The number of ether oxygens (including phenoxy) is 1. The van der Waals surface area contributed by atoms with E-state index < -0.39 is 6.23 Å². The zero-order valence-corrected chi connectivity index (χ0v) is 16.0. The van der Waals surface area contributed by atoms with Gasteiger partial charge >= 0.3 is 0 Å². The zero-order valence-electron chi connectivity index (χ0n) is 16.0. The van der Waals surface area contributed by atoms with Crippen LogP contribution >= 0.6 is 0 Å². The van der Waals surface area contributed by atoms with Crippen molar-refractivity contribution in [3.63, 3.8) is 0 Å². The van der Waals surface area contributed by atoms with Gasteiger partial charge in [0.2, 0.25) is 0 Å². The minimum absolute atomic E-state index is 0.0472. The molecule has 150 valence electrons. The van der Waals surface area contributed by atoms with E-state index >= 15 is 0 Å². The first-order chi connectivity index (χ1) is 14.2. The number of piperazine rings is 1. The second-order valence-corrected chi connectivity index (χ2v) is 6.75. The van der Waals surface area contributed by atoms with E-state index in [1.807, 2.05) is 35.2 Å². The maximum Gasteiger partial charge on any atom is 0.293 e. The highest BCUT2D eigenvalue weighted by molar-refractivity contribution is 5.94. The van der Waals surface area contributed by atoms with Crippen LogP contribution in [0.2, 0.25) is 0 Å². The normalized spacial score (nSPS) is 15.3. The maximum absolute atomic E-state index is 11.8. The van der Waals surface area contributed by atoms with Gasteiger partial charge in [-0.05, 0) is 6.07 Å². The lowest BCUT2D eigenvalue weighted by Gasteiger charge is -2.29. The molecule has 9 heteroatoms. The van der Waals surface area contributed by atoms with Gasteiger partial charge in [-0.3, -0.25) is 10.1 Å². The van der Waals surface area contributed by atoms with E-state index in [9.17, 15) is 10.1 Å². The molecule has 2 N–H and O–H groups in total. The van der Waals surface area contributed by atoms with Crippen LogP contribution in [0, 0.1) is 10.1 Å². The van der Waals surface area contributed by atoms with E-state index in [1.54, 1.807) is 19.2 Å². The summed E-state index contributed by atoms with van der Waals surface area (Å²) in [6.07, 6.45) is 1.01. The van der Waals surface area contributed by atoms with Gasteiger partial charge in [0.05, 0.1) is 10.4 Å². The standard InChI is InChI=1S/C20H22N6O3/c1-29-20(14-5-3-2-4-6-14)24-19-15-11-18(26(27)28)17(12-16(15)22-13-23-19)25-9-7-21-8-10-25/h2-6,11-13,20-21H,7-10H2,1H3,(H,22,23,24). The Bertz CT molecular complexity index is 1010. The lowest BCUT2D eigenvalue weighted by atomic mass is 10.1. The smallest absolute Gasteiger partial charge is 0.293 e. The summed E-state index contributed by atoms with van der Waals surface area (Å²) in [6.45, 7) is 3.00. The highest BCUT2D eigenvalue weighted by Gasteiger charge is 2.24. The number of anilines is 2. The van der Waals surface area contributed by atoms with Crippen LogP contribution in [0.1, 0.15) is 11.8 Å². The van der Waals surface area contributed by atoms with E-state index in [2.05, 4.69) is 20.6 Å². The number of fused-ring (bicyclic) bond motifs is 1. The molecule has 1 saturated heterocycles. The van der Waals surface area contributed by atoms with Crippen LogP contribution in [0.15, 0.2) is 48.8 Å². The van der Waals surface area contributed by atoms with Crippen molar-refractivity contribution in [2.75, 3.05) is 43.5 Å². The molecule has 29 heavy (non-hydrogen) atoms. The third kappa shape index (κ3) is 3.96. The van der Waals surface area contributed by atoms with Gasteiger partial charge < -0.3 is 20.3 Å². The second kappa shape index (κ2) is 8.38. The van der Waals surface area contributed by atoms with Crippen LogP contribution in [0.4, 0.5) is 17.2 Å². The average molecular weight is 394 g/mol. The first-order valence-electron chi connectivity index (χ1n) is 9.40. The Morgan fingerprint density at radius 3 is 2.66 bits per heavy atom. The molecule has 0 bridgehead atoms. The summed E-state index contributed by atoms with van der Waals surface area (Å²) in [6, 6.07) is 13.0. The summed E-state index contributed by atoms with van der Waals surface area (Å²) in [5.74, 6) is 0.487. The SMILES string of the molecule is COC(Nc1ncnc2cc(N3CCNCC3)c([N+](=O)[O-])cc12)c1ccccc1. The topological polar surface area (TPSA) is 105 Å². The molecule has 0 spiro atoms. The molecule has 1 aliphatic rings. The quantitative estimate of drug-likeness (QED) is 0.373. The molecule has 1 unspecified atom stereocenters. The lowest BCUT2D eigenvalue weighted by Crippen LogP contribution is -2.43. The van der Waals surface area contributed by atoms with Crippen molar-refractivity contribution in [3.05, 3.63) is 64.5 Å². The van der Waals surface area contributed by atoms with Gasteiger partial charge in [-0.25, -0.2) is 9.97 Å². The summed E-state index contributed by atoms with van der Waals surface area (Å²) in [5.41, 5.74) is 2.20. The summed E-state index contributed by atoms with van der Waals surface area (Å²) in [5, 5.41) is 18.9. The number of hydrogen-bond donors (Lipinski definition) is 2. The summed E-state index contributed by atoms with van der Waals surface area (Å²) >= 11 is 0. The Hall–Kier alpha value is -3.30. The van der Waals surface area contributed by atoms with Crippen LogP contribution in [-0.2, 0) is 4.74 Å². The fourth-order valence-corrected chi connectivity index (χ4v) is 3.53. The van der Waals surface area contributed by atoms with Crippen LogP contribution < -0.4 is 15.5 Å². The van der Waals surface area contributed by atoms with Crippen molar-refractivity contribution in [2.45, 2.75) is 6.23 Å². The third-order valence-corrected chi connectivity index (χ3v) is 4.99. The van der Waals surface area contributed by atoms with Crippen LogP contribution in [-0.4, -0.2) is 48.2 Å². The van der Waals surface area contributed by atoms with E-state index in [0.29, 0.717) is 35.5 Å². The molecule has 1 atom stereocenters. The van der Waals surface area contributed by atoms with E-state index in [4.69, 9.17) is 4.74 Å². The fraction of sp³-hybridized carbons (Fsp3) is 0.300. The first kappa shape index (κ1) is 19.0. The van der Waals surface area contributed by atoms with Crippen molar-refractivity contribution in [1.29, 1.82) is 0 Å². The van der Waals surface area contributed by atoms with E-state index in [-0.39, 0.29) is 10.6 Å². The molecular weight excluding hydrogens is 372 g/mol. The van der Waals surface area contributed by atoms with E-state index in [0.717, 1.165) is 18.7 Å². The predicted octanol–water partition coefficient (Wildman–Crippen LogP) is 2.70. The average Bonchev–Trinajstić information content (AvgIpc) is 2.77. The van der Waals surface area contributed by atoms with Crippen molar-refractivity contribution in [2.24, 2.45) is 0 Å². The highest BCUT2D eigenvalue weighted by atomic mass is 16.6. The van der Waals surface area contributed by atoms with Crippen molar-refractivity contribution in [1.82, 2.24) is 15.3 Å². The Morgan fingerprint density at radius 1 is 1.21 bits per heavy atom. The highest BCUT2D eigenvalue weighted by Crippen LogP contribution is 2.35. The number of methoxy groups -OCH3 is 1. The van der Waals surface area contributed by atoms with Crippen molar-refractivity contribution < 1.29 is 9.66 Å². The molecule has 0 radical (unpaired) electrons. The number of nitrogens with one attached hydrogen (secondary N) is 2. The van der Waals surface area contributed by atoms with Gasteiger partial charge in [-0.1, -0.05) is 30.3 Å². The minimum atomic E-state index is -0.443. The number of aromatic nitrogens is 2. The molecule has 2 heterocycles. The molecular formula is C20H22N6O3. The van der Waals surface area contributed by atoms with E-state index in [1.165, 1.54) is 6.33 Å². The van der Waals surface area contributed by atoms with Crippen LogP contribution in [0.5, 0.6) is 0 Å². The summed E-state index contributed by atoms with van der Waals surface area (Å²) in [4.78, 5) is 22.1. The molecule has 1 aliphatic heterocycles. The van der Waals surface area contributed by atoms with Gasteiger partial charge in [0, 0.05) is 50.3 Å². The molecule has 3 aromatic rings. The van der Waals surface area contributed by atoms with Crippen LogP contribution in [0.3, 0.4) is 0 Å². The summed E-state index contributed by atoms with van der Waals surface area (Å²) < 4.78 is 5.57. The number of nitrogens with zero attached hydrogens (tertiary/aromatic N) is 4. The molecule has 0 saturated carbocycles. The number of benzene rings is 2. The van der Waals surface area contributed by atoms with Gasteiger partial charge in [-0.2, -0.15) is 0 Å². The Kier molecular flexibility index (Phi) is 5.50. The molecule has 0 amide bonds. The van der Waals surface area contributed by atoms with Gasteiger partial charge in [0.1, 0.15) is 17.8 Å². The van der Waals surface area contributed by atoms with Crippen LogP contribution in [0.25, 0.3) is 10.9 Å². The molecule has 1 aromatic heterocycles. The number of nitro benzene ring substituents is 1. The molecule has 4 rings (SSSR count). The predicted molar refractivity (Wildman–Crippen MR) is 111 cm³/mol. The van der Waals surface area contributed by atoms with Crippen molar-refractivity contribution >= 4 is 28.1 Å². The van der Waals surface area contributed by atoms with Gasteiger partial charge in [0.25, 0.3) is 5.69 Å². The monoisotopic (exact) mass is 394 g/mol. The fourth-order valence-electron chi connectivity index (χ4n) is 3.53. The zero-order chi connectivity index (χ0) is 20.2. The lowest BCUT2D eigenvalue weighted by molar-refractivity contribution is -0.384. The number of nitro groups is 1. The second-order valence-electron chi connectivity index (χ2n) is 6.75. The molecule has 9 nitrogen and oxygen atoms in total. The Morgan fingerprint density at radius 2 is 1.97 bits per heavy atom. The Labute approximate surface area is 167 Å².